The monoisotopic (exact) mass is 269 g/mol. The number of allylic oxidation sites excluding steroid dienone is 2. The molecular formula is C18H23NO. The standard InChI is InChI=1S/C18H23NO/c1-14-12-18(2)11-7-6-10-16(18)19(17(14)20)13-15-8-4-3-5-9-15/h3-5,8-10,14H,6-7,11-13H2,1-2H3/t14-,18-/m1/s1. The molecule has 1 heterocycles. The molecule has 2 atom stereocenters. The fraction of sp³-hybridized carbons (Fsp3) is 0.500. The van der Waals surface area contributed by atoms with Crippen molar-refractivity contribution in [3.05, 3.63) is 47.7 Å². The molecule has 20 heavy (non-hydrogen) atoms. The van der Waals surface area contributed by atoms with Crippen LogP contribution in [0.5, 0.6) is 0 Å². The average Bonchev–Trinajstić information content (AvgIpc) is 2.44. The Kier molecular flexibility index (Phi) is 3.41. The maximum atomic E-state index is 12.6. The Morgan fingerprint density at radius 2 is 2.05 bits per heavy atom. The summed E-state index contributed by atoms with van der Waals surface area (Å²) in [6, 6.07) is 10.3. The largest absolute Gasteiger partial charge is 0.311 e. The Balaban J connectivity index is 1.93. The van der Waals surface area contributed by atoms with Crippen molar-refractivity contribution in [1.29, 1.82) is 0 Å². The van der Waals surface area contributed by atoms with E-state index >= 15 is 0 Å². The summed E-state index contributed by atoms with van der Waals surface area (Å²) in [6.07, 6.45) is 6.87. The minimum atomic E-state index is 0.138. The Morgan fingerprint density at radius 1 is 1.30 bits per heavy atom. The number of likely N-dealkylation sites (tertiary alicyclic amines) is 1. The van der Waals surface area contributed by atoms with E-state index in [-0.39, 0.29) is 11.3 Å². The molecule has 3 rings (SSSR count). The molecule has 0 unspecified atom stereocenters. The van der Waals surface area contributed by atoms with E-state index < -0.39 is 0 Å². The van der Waals surface area contributed by atoms with Crippen molar-refractivity contribution in [2.45, 2.75) is 46.1 Å². The molecule has 1 aromatic rings. The van der Waals surface area contributed by atoms with Gasteiger partial charge in [-0.15, -0.1) is 0 Å². The minimum absolute atomic E-state index is 0.138. The topological polar surface area (TPSA) is 20.3 Å². The number of carbonyl (C=O) groups excluding carboxylic acids is 1. The van der Waals surface area contributed by atoms with Gasteiger partial charge in [-0.25, -0.2) is 0 Å². The van der Waals surface area contributed by atoms with E-state index in [0.29, 0.717) is 12.5 Å². The Morgan fingerprint density at radius 3 is 2.80 bits per heavy atom. The zero-order chi connectivity index (χ0) is 14.2. The maximum Gasteiger partial charge on any atom is 0.229 e. The van der Waals surface area contributed by atoms with Gasteiger partial charge in [0, 0.05) is 17.0 Å². The molecule has 0 N–H and O–H groups in total. The highest BCUT2D eigenvalue weighted by Gasteiger charge is 2.44. The van der Waals surface area contributed by atoms with Crippen LogP contribution in [0.3, 0.4) is 0 Å². The van der Waals surface area contributed by atoms with Crippen LogP contribution in [0.2, 0.25) is 0 Å². The first-order chi connectivity index (χ1) is 9.60. The maximum absolute atomic E-state index is 12.6. The fourth-order valence-electron chi connectivity index (χ4n) is 3.83. The normalized spacial score (nSPS) is 29.9. The summed E-state index contributed by atoms with van der Waals surface area (Å²) in [5.74, 6) is 0.429. The van der Waals surface area contributed by atoms with Gasteiger partial charge < -0.3 is 4.90 Å². The molecule has 0 radical (unpaired) electrons. The first kappa shape index (κ1) is 13.4. The molecule has 1 aliphatic heterocycles. The van der Waals surface area contributed by atoms with Crippen LogP contribution in [0.25, 0.3) is 0 Å². The second-order valence-corrected chi connectivity index (χ2v) is 6.56. The summed E-state index contributed by atoms with van der Waals surface area (Å²) in [4.78, 5) is 14.7. The van der Waals surface area contributed by atoms with E-state index in [4.69, 9.17) is 0 Å². The molecule has 1 aliphatic carbocycles. The lowest BCUT2D eigenvalue weighted by Gasteiger charge is -2.47. The predicted octanol–water partition coefficient (Wildman–Crippen LogP) is 4.13. The van der Waals surface area contributed by atoms with Crippen molar-refractivity contribution in [3.63, 3.8) is 0 Å². The highest BCUT2D eigenvalue weighted by molar-refractivity contribution is 5.82. The summed E-state index contributed by atoms with van der Waals surface area (Å²) < 4.78 is 0. The van der Waals surface area contributed by atoms with Crippen molar-refractivity contribution in [2.24, 2.45) is 11.3 Å². The lowest BCUT2D eigenvalue weighted by molar-refractivity contribution is -0.139. The second-order valence-electron chi connectivity index (χ2n) is 6.56. The predicted molar refractivity (Wildman–Crippen MR) is 80.8 cm³/mol. The van der Waals surface area contributed by atoms with Crippen molar-refractivity contribution in [2.75, 3.05) is 0 Å². The lowest BCUT2D eigenvalue weighted by Crippen LogP contribution is -2.47. The number of benzene rings is 1. The number of fused-ring (bicyclic) bond motifs is 1. The zero-order valence-electron chi connectivity index (χ0n) is 12.4. The number of piperidine rings is 1. The SMILES string of the molecule is C[C@@H]1C[C@@]2(C)CCCC=C2N(Cc2ccccc2)C1=O. The smallest absolute Gasteiger partial charge is 0.229 e. The van der Waals surface area contributed by atoms with Gasteiger partial charge in [-0.1, -0.05) is 50.3 Å². The van der Waals surface area contributed by atoms with E-state index in [9.17, 15) is 4.79 Å². The summed E-state index contributed by atoms with van der Waals surface area (Å²) >= 11 is 0. The molecule has 106 valence electrons. The number of hydrogen-bond acceptors (Lipinski definition) is 1. The van der Waals surface area contributed by atoms with E-state index in [2.05, 4.69) is 32.1 Å². The van der Waals surface area contributed by atoms with E-state index in [1.807, 2.05) is 23.1 Å². The Bertz CT molecular complexity index is 534. The number of amides is 1. The summed E-state index contributed by atoms with van der Waals surface area (Å²) in [7, 11) is 0. The molecule has 0 saturated carbocycles. The average molecular weight is 269 g/mol. The van der Waals surface area contributed by atoms with Crippen molar-refractivity contribution in [3.8, 4) is 0 Å². The van der Waals surface area contributed by atoms with Gasteiger partial charge in [0.05, 0.1) is 6.54 Å². The molecule has 2 aliphatic rings. The first-order valence-electron chi connectivity index (χ1n) is 7.66. The van der Waals surface area contributed by atoms with Gasteiger partial charge in [0.2, 0.25) is 5.91 Å². The van der Waals surface area contributed by atoms with Gasteiger partial charge in [-0.2, -0.15) is 0 Å². The highest BCUT2D eigenvalue weighted by atomic mass is 16.2. The number of hydrogen-bond donors (Lipinski definition) is 0. The van der Waals surface area contributed by atoms with Crippen molar-refractivity contribution in [1.82, 2.24) is 4.90 Å². The molecule has 2 nitrogen and oxygen atoms in total. The molecule has 0 aromatic heterocycles. The molecule has 1 amide bonds. The van der Waals surface area contributed by atoms with E-state index in [0.717, 1.165) is 12.8 Å². The van der Waals surface area contributed by atoms with Crippen LogP contribution in [-0.4, -0.2) is 10.8 Å². The number of carbonyl (C=O) groups is 1. The molecule has 1 fully saturated rings. The van der Waals surface area contributed by atoms with E-state index in [1.54, 1.807) is 0 Å². The zero-order valence-corrected chi connectivity index (χ0v) is 12.4. The van der Waals surface area contributed by atoms with Gasteiger partial charge in [-0.3, -0.25) is 4.79 Å². The molecule has 0 spiro atoms. The first-order valence-corrected chi connectivity index (χ1v) is 7.66. The third-order valence-electron chi connectivity index (χ3n) is 4.81. The van der Waals surface area contributed by atoms with Crippen LogP contribution in [0.1, 0.15) is 45.1 Å². The van der Waals surface area contributed by atoms with Crippen LogP contribution in [0.15, 0.2) is 42.1 Å². The molecule has 0 bridgehead atoms. The van der Waals surface area contributed by atoms with Crippen LogP contribution >= 0.6 is 0 Å². The highest BCUT2D eigenvalue weighted by Crippen LogP contribution is 2.48. The number of rotatable bonds is 2. The van der Waals surface area contributed by atoms with Gasteiger partial charge in [0.25, 0.3) is 0 Å². The molecule has 1 saturated heterocycles. The van der Waals surface area contributed by atoms with Gasteiger partial charge in [-0.05, 0) is 31.2 Å². The summed E-state index contributed by atoms with van der Waals surface area (Å²) in [5, 5.41) is 0. The third kappa shape index (κ3) is 2.28. The van der Waals surface area contributed by atoms with Gasteiger partial charge in [0.15, 0.2) is 0 Å². The van der Waals surface area contributed by atoms with Crippen LogP contribution < -0.4 is 0 Å². The fourth-order valence-corrected chi connectivity index (χ4v) is 3.83. The summed E-state index contributed by atoms with van der Waals surface area (Å²) in [5.41, 5.74) is 2.68. The van der Waals surface area contributed by atoms with Gasteiger partial charge >= 0.3 is 0 Å². The Labute approximate surface area is 121 Å². The molecule has 1 aromatic carbocycles. The quantitative estimate of drug-likeness (QED) is 0.790. The minimum Gasteiger partial charge on any atom is -0.311 e. The lowest BCUT2D eigenvalue weighted by atomic mass is 9.68. The van der Waals surface area contributed by atoms with Crippen molar-refractivity contribution >= 4 is 5.91 Å². The second kappa shape index (κ2) is 5.08. The Hall–Kier alpha value is -1.57. The molecule has 2 heteroatoms. The number of nitrogens with zero attached hydrogens (tertiary/aromatic N) is 1. The van der Waals surface area contributed by atoms with Crippen molar-refractivity contribution < 1.29 is 4.79 Å². The molecular weight excluding hydrogens is 246 g/mol. The van der Waals surface area contributed by atoms with Crippen LogP contribution in [-0.2, 0) is 11.3 Å². The third-order valence-corrected chi connectivity index (χ3v) is 4.81. The summed E-state index contributed by atoms with van der Waals surface area (Å²) in [6.45, 7) is 5.13. The van der Waals surface area contributed by atoms with Crippen LogP contribution in [0, 0.1) is 11.3 Å². The van der Waals surface area contributed by atoms with Crippen LogP contribution in [0.4, 0.5) is 0 Å². The van der Waals surface area contributed by atoms with E-state index in [1.165, 1.54) is 24.1 Å². The van der Waals surface area contributed by atoms with Gasteiger partial charge in [0.1, 0.15) is 0 Å².